The van der Waals surface area contributed by atoms with Crippen LogP contribution in [-0.2, 0) is 20.8 Å². The standard InChI is InChI=1S/C18H25N5O4/c1-26-16-11-27-10-15(16)23-9-12(20-21-23)8-22-17(24)13-6-4-2-3-5-7-14(13)19-18(22)25/h2-3,9,13-16H,4-8,10-11H2,1H3,(H,19,25)/b3-2-/t13-,14+,15+,16+/m0/s1. The van der Waals surface area contributed by atoms with Gasteiger partial charge < -0.3 is 14.8 Å². The van der Waals surface area contributed by atoms with Gasteiger partial charge in [-0.2, -0.15) is 0 Å². The van der Waals surface area contributed by atoms with Gasteiger partial charge in [-0.15, -0.1) is 5.10 Å². The highest BCUT2D eigenvalue weighted by Crippen LogP contribution is 2.27. The molecule has 0 radical (unpaired) electrons. The zero-order valence-corrected chi connectivity index (χ0v) is 15.4. The maximum Gasteiger partial charge on any atom is 0.324 e. The van der Waals surface area contributed by atoms with Crippen LogP contribution in [0.1, 0.15) is 37.4 Å². The number of fused-ring (bicyclic) bond motifs is 1. The van der Waals surface area contributed by atoms with E-state index in [4.69, 9.17) is 9.47 Å². The van der Waals surface area contributed by atoms with Crippen LogP contribution in [0.25, 0.3) is 0 Å². The summed E-state index contributed by atoms with van der Waals surface area (Å²) in [6.07, 6.45) is 9.20. The van der Waals surface area contributed by atoms with Crippen molar-refractivity contribution >= 4 is 11.9 Å². The normalized spacial score (nSPS) is 32.6. The Kier molecular flexibility index (Phi) is 5.22. The van der Waals surface area contributed by atoms with Crippen molar-refractivity contribution in [3.05, 3.63) is 24.0 Å². The van der Waals surface area contributed by atoms with Gasteiger partial charge in [-0.25, -0.2) is 9.48 Å². The Hall–Kier alpha value is -2.26. The van der Waals surface area contributed by atoms with Crippen molar-refractivity contribution in [3.63, 3.8) is 0 Å². The van der Waals surface area contributed by atoms with Crippen LogP contribution >= 0.6 is 0 Å². The van der Waals surface area contributed by atoms with E-state index in [-0.39, 0.29) is 42.6 Å². The molecule has 0 unspecified atom stereocenters. The smallest absolute Gasteiger partial charge is 0.324 e. The SMILES string of the molecule is CO[C@@H]1COC[C@H]1n1cc(CN2C(=O)N[C@@H]3CC/C=C\CC[C@@H]3C2=O)nn1. The first-order valence-electron chi connectivity index (χ1n) is 9.45. The van der Waals surface area contributed by atoms with Crippen molar-refractivity contribution in [2.75, 3.05) is 20.3 Å². The molecule has 4 rings (SSSR count). The third-order valence-electron chi connectivity index (χ3n) is 5.60. The van der Waals surface area contributed by atoms with Gasteiger partial charge in [0.25, 0.3) is 0 Å². The number of methoxy groups -OCH3 is 1. The van der Waals surface area contributed by atoms with Gasteiger partial charge in [0.2, 0.25) is 5.91 Å². The van der Waals surface area contributed by atoms with Crippen molar-refractivity contribution < 1.29 is 19.1 Å². The first-order chi connectivity index (χ1) is 13.2. The molecule has 146 valence electrons. The molecular weight excluding hydrogens is 350 g/mol. The van der Waals surface area contributed by atoms with E-state index in [2.05, 4.69) is 27.8 Å². The molecule has 1 aliphatic carbocycles. The van der Waals surface area contributed by atoms with Crippen molar-refractivity contribution in [2.45, 2.75) is 50.4 Å². The number of carbonyl (C=O) groups is 2. The van der Waals surface area contributed by atoms with Gasteiger partial charge in [0.15, 0.2) is 0 Å². The van der Waals surface area contributed by atoms with Crippen LogP contribution in [0, 0.1) is 5.92 Å². The van der Waals surface area contributed by atoms with E-state index in [0.29, 0.717) is 18.9 Å². The molecule has 27 heavy (non-hydrogen) atoms. The van der Waals surface area contributed by atoms with Gasteiger partial charge in [0, 0.05) is 13.2 Å². The van der Waals surface area contributed by atoms with E-state index in [9.17, 15) is 9.59 Å². The average Bonchev–Trinajstić information content (AvgIpc) is 3.28. The van der Waals surface area contributed by atoms with Gasteiger partial charge in [-0.3, -0.25) is 9.69 Å². The van der Waals surface area contributed by atoms with Crippen LogP contribution in [0.4, 0.5) is 4.79 Å². The Morgan fingerprint density at radius 1 is 1.26 bits per heavy atom. The third-order valence-corrected chi connectivity index (χ3v) is 5.60. The van der Waals surface area contributed by atoms with Crippen molar-refractivity contribution in [1.29, 1.82) is 0 Å². The van der Waals surface area contributed by atoms with Gasteiger partial charge in [0.1, 0.15) is 17.8 Å². The predicted molar refractivity (Wildman–Crippen MR) is 94.6 cm³/mol. The summed E-state index contributed by atoms with van der Waals surface area (Å²) < 4.78 is 12.5. The van der Waals surface area contributed by atoms with Crippen LogP contribution < -0.4 is 5.32 Å². The summed E-state index contributed by atoms with van der Waals surface area (Å²) in [5.74, 6) is -0.295. The fraction of sp³-hybridized carbons (Fsp3) is 0.667. The number of ether oxygens (including phenoxy) is 2. The molecule has 0 saturated carbocycles. The highest BCUT2D eigenvalue weighted by Gasteiger charge is 2.40. The molecule has 9 nitrogen and oxygen atoms in total. The molecule has 3 heterocycles. The number of allylic oxidation sites excluding steroid dienone is 2. The predicted octanol–water partition coefficient (Wildman–Crippen LogP) is 1.03. The number of imide groups is 1. The zero-order valence-electron chi connectivity index (χ0n) is 15.4. The summed E-state index contributed by atoms with van der Waals surface area (Å²) in [6, 6.07) is -0.483. The van der Waals surface area contributed by atoms with E-state index in [1.54, 1.807) is 18.0 Å². The van der Waals surface area contributed by atoms with Crippen LogP contribution in [-0.4, -0.2) is 64.3 Å². The molecule has 3 aliphatic rings. The molecular formula is C18H25N5O4. The lowest BCUT2D eigenvalue weighted by Crippen LogP contribution is -2.59. The maximum atomic E-state index is 12.9. The van der Waals surface area contributed by atoms with Crippen LogP contribution in [0.5, 0.6) is 0 Å². The summed E-state index contributed by atoms with van der Waals surface area (Å²) in [5, 5.41) is 11.3. The molecule has 1 aromatic heterocycles. The van der Waals surface area contributed by atoms with Crippen molar-refractivity contribution in [3.8, 4) is 0 Å². The molecule has 1 aromatic rings. The number of aromatic nitrogens is 3. The number of urea groups is 1. The first kappa shape index (κ1) is 18.1. The van der Waals surface area contributed by atoms with E-state index in [0.717, 1.165) is 25.7 Å². The monoisotopic (exact) mass is 375 g/mol. The van der Waals surface area contributed by atoms with Gasteiger partial charge >= 0.3 is 6.03 Å². The number of hydrogen-bond acceptors (Lipinski definition) is 6. The lowest BCUT2D eigenvalue weighted by Gasteiger charge is -2.37. The number of nitrogens with one attached hydrogen (secondary N) is 1. The Morgan fingerprint density at radius 3 is 2.89 bits per heavy atom. The second-order valence-corrected chi connectivity index (χ2v) is 7.28. The highest BCUT2D eigenvalue weighted by atomic mass is 16.5. The minimum Gasteiger partial charge on any atom is -0.377 e. The van der Waals surface area contributed by atoms with Gasteiger partial charge in [-0.1, -0.05) is 17.4 Å². The number of hydrogen-bond donors (Lipinski definition) is 1. The molecule has 0 aromatic carbocycles. The molecule has 3 amide bonds. The minimum atomic E-state index is -0.348. The molecule has 9 heteroatoms. The Balaban J connectivity index is 1.47. The van der Waals surface area contributed by atoms with Gasteiger partial charge in [0.05, 0.1) is 31.9 Å². The Morgan fingerprint density at radius 2 is 2.07 bits per heavy atom. The van der Waals surface area contributed by atoms with E-state index in [1.165, 1.54) is 4.90 Å². The van der Waals surface area contributed by atoms with Crippen LogP contribution in [0.15, 0.2) is 18.3 Å². The summed E-state index contributed by atoms with van der Waals surface area (Å²) in [4.78, 5) is 26.7. The zero-order chi connectivity index (χ0) is 18.8. The van der Waals surface area contributed by atoms with Crippen molar-refractivity contribution in [2.24, 2.45) is 5.92 Å². The number of amides is 3. The number of nitrogens with zero attached hydrogens (tertiary/aromatic N) is 4. The molecule has 1 N–H and O–H groups in total. The number of carbonyl (C=O) groups excluding carboxylic acids is 2. The molecule has 2 fully saturated rings. The largest absolute Gasteiger partial charge is 0.377 e. The summed E-state index contributed by atoms with van der Waals surface area (Å²) in [6.45, 7) is 1.14. The lowest BCUT2D eigenvalue weighted by molar-refractivity contribution is -0.136. The Bertz CT molecular complexity index is 733. The van der Waals surface area contributed by atoms with E-state index >= 15 is 0 Å². The number of rotatable bonds is 4. The van der Waals surface area contributed by atoms with Gasteiger partial charge in [-0.05, 0) is 25.7 Å². The van der Waals surface area contributed by atoms with Crippen LogP contribution in [0.2, 0.25) is 0 Å². The van der Waals surface area contributed by atoms with E-state index in [1.807, 2.05) is 0 Å². The summed E-state index contributed by atoms with van der Waals surface area (Å²) in [5.41, 5.74) is 0.574. The highest BCUT2D eigenvalue weighted by molar-refractivity contribution is 5.98. The minimum absolute atomic E-state index is 0.0519. The summed E-state index contributed by atoms with van der Waals surface area (Å²) in [7, 11) is 1.64. The molecule has 2 aliphatic heterocycles. The molecule has 4 atom stereocenters. The second kappa shape index (κ2) is 7.77. The maximum absolute atomic E-state index is 12.9. The van der Waals surface area contributed by atoms with Crippen LogP contribution in [0.3, 0.4) is 0 Å². The molecule has 0 spiro atoms. The quantitative estimate of drug-likeness (QED) is 0.790. The second-order valence-electron chi connectivity index (χ2n) is 7.28. The molecule has 2 saturated heterocycles. The molecule has 0 bridgehead atoms. The average molecular weight is 375 g/mol. The third kappa shape index (κ3) is 3.61. The van der Waals surface area contributed by atoms with Crippen molar-refractivity contribution in [1.82, 2.24) is 25.2 Å². The first-order valence-corrected chi connectivity index (χ1v) is 9.45. The topological polar surface area (TPSA) is 98.6 Å². The fourth-order valence-electron chi connectivity index (χ4n) is 4.05. The van der Waals surface area contributed by atoms with E-state index < -0.39 is 0 Å². The Labute approximate surface area is 157 Å². The summed E-state index contributed by atoms with van der Waals surface area (Å²) >= 11 is 0. The lowest BCUT2D eigenvalue weighted by atomic mass is 9.86. The fourth-order valence-corrected chi connectivity index (χ4v) is 4.05.